The van der Waals surface area contributed by atoms with Crippen LogP contribution in [0.2, 0.25) is 0 Å². The van der Waals surface area contributed by atoms with Crippen LogP contribution in [0, 0.1) is 0 Å². The molecule has 9 heteroatoms. The summed E-state index contributed by atoms with van der Waals surface area (Å²) in [7, 11) is 0. The molecule has 2 heterocycles. The zero-order chi connectivity index (χ0) is 16.6. The zero-order valence-electron chi connectivity index (χ0n) is 12.3. The van der Waals surface area contributed by atoms with Gasteiger partial charge in [0.05, 0.1) is 0 Å². The van der Waals surface area contributed by atoms with Crippen LogP contribution >= 0.6 is 11.8 Å². The number of fused-ring (bicyclic) bond motifs is 1. The predicted octanol–water partition coefficient (Wildman–Crippen LogP) is -0.303. The molecule has 2 aliphatic rings. The number of thioether (sulfide) groups is 1. The number of β-lactam (4-membered cyclic amide) rings is 1. The second-order valence-electron chi connectivity index (χ2n) is 5.01. The van der Waals surface area contributed by atoms with Gasteiger partial charge in [-0.1, -0.05) is 0 Å². The number of carboxylic acid groups (broad SMARTS) is 1. The highest BCUT2D eigenvalue weighted by atomic mass is 32.2. The molecule has 8 nitrogen and oxygen atoms in total. The van der Waals surface area contributed by atoms with Gasteiger partial charge in [0.1, 0.15) is 23.7 Å². The number of ether oxygens (including phenoxy) is 1. The summed E-state index contributed by atoms with van der Waals surface area (Å²) in [6.07, 6.45) is 0. The number of hydrogen-bond acceptors (Lipinski definition) is 6. The lowest BCUT2D eigenvalue weighted by molar-refractivity contribution is -0.150. The van der Waals surface area contributed by atoms with Gasteiger partial charge >= 0.3 is 11.9 Å². The largest absolute Gasteiger partial charge is 0.477 e. The van der Waals surface area contributed by atoms with E-state index >= 15 is 0 Å². The molecule has 1 fully saturated rings. The van der Waals surface area contributed by atoms with Crippen molar-refractivity contribution in [1.29, 1.82) is 0 Å². The van der Waals surface area contributed by atoms with Crippen molar-refractivity contribution in [2.24, 2.45) is 0 Å². The summed E-state index contributed by atoms with van der Waals surface area (Å²) in [6, 6.07) is -0.727. The third kappa shape index (κ3) is 2.80. The third-order valence-electron chi connectivity index (χ3n) is 3.41. The maximum absolute atomic E-state index is 12.1. The summed E-state index contributed by atoms with van der Waals surface area (Å²) < 4.78 is 4.89. The Kier molecular flexibility index (Phi) is 4.45. The molecular weight excluding hydrogens is 312 g/mol. The molecule has 22 heavy (non-hydrogen) atoms. The molecule has 0 aromatic carbocycles. The maximum Gasteiger partial charge on any atom is 0.352 e. The molecule has 0 spiro atoms. The van der Waals surface area contributed by atoms with E-state index in [1.807, 2.05) is 0 Å². The second kappa shape index (κ2) is 5.99. The average molecular weight is 328 g/mol. The van der Waals surface area contributed by atoms with Crippen LogP contribution in [0.1, 0.15) is 20.8 Å². The molecule has 0 bridgehead atoms. The summed E-state index contributed by atoms with van der Waals surface area (Å²) in [6.45, 7) is 4.13. The summed E-state index contributed by atoms with van der Waals surface area (Å²) in [4.78, 5) is 46.9. The normalized spacial score (nSPS) is 27.0. The number of hydrogen-bond donors (Lipinski definition) is 2. The van der Waals surface area contributed by atoms with Crippen molar-refractivity contribution < 1.29 is 29.0 Å². The Hall–Kier alpha value is -2.03. The number of carbonyl (C=O) groups excluding carboxylic acids is 3. The summed E-state index contributed by atoms with van der Waals surface area (Å²) in [5.74, 6) is -2.60. The Morgan fingerprint density at radius 1 is 1.36 bits per heavy atom. The molecular formula is C13H16N2O6S. The van der Waals surface area contributed by atoms with Crippen LogP contribution in [0.4, 0.5) is 0 Å². The average Bonchev–Trinajstić information content (AvgIpc) is 2.41. The van der Waals surface area contributed by atoms with Crippen molar-refractivity contribution in [1.82, 2.24) is 10.2 Å². The molecule has 0 aromatic heterocycles. The molecule has 2 amide bonds. The minimum Gasteiger partial charge on any atom is -0.477 e. The van der Waals surface area contributed by atoms with E-state index in [-0.39, 0.29) is 23.5 Å². The number of esters is 1. The van der Waals surface area contributed by atoms with E-state index in [4.69, 9.17) is 4.74 Å². The molecule has 2 rings (SSSR count). The number of rotatable bonds is 4. The van der Waals surface area contributed by atoms with Crippen molar-refractivity contribution >= 4 is 35.5 Å². The molecule has 1 saturated heterocycles. The Bertz CT molecular complexity index is 587. The summed E-state index contributed by atoms with van der Waals surface area (Å²) in [5, 5.41) is 11.2. The number of carboxylic acids is 1. The van der Waals surface area contributed by atoms with Gasteiger partial charge in [0, 0.05) is 24.7 Å². The number of carbonyl (C=O) groups is 4. The molecule has 3 atom stereocenters. The standard InChI is InChI=1S/C13H16N2O6S/c1-5-8(4-21-7(3)17)10(13(19)20)15-11(18)9(12(15)22-5)14-6(2)16/h5,9,12H,4H2,1-3H3,(H,14,16)(H,19,20)/t5?,9?,12-/m1/s1. The van der Waals surface area contributed by atoms with Crippen LogP contribution < -0.4 is 5.32 Å². The van der Waals surface area contributed by atoms with Crippen molar-refractivity contribution in [2.75, 3.05) is 6.61 Å². The molecule has 120 valence electrons. The zero-order valence-corrected chi connectivity index (χ0v) is 13.1. The first-order valence-electron chi connectivity index (χ1n) is 6.59. The van der Waals surface area contributed by atoms with Crippen LogP contribution in [0.25, 0.3) is 0 Å². The van der Waals surface area contributed by atoms with Crippen molar-refractivity contribution in [3.8, 4) is 0 Å². The van der Waals surface area contributed by atoms with Crippen LogP contribution in [0.5, 0.6) is 0 Å². The van der Waals surface area contributed by atoms with Crippen molar-refractivity contribution in [2.45, 2.75) is 37.4 Å². The molecule has 2 N–H and O–H groups in total. The van der Waals surface area contributed by atoms with Gasteiger partial charge in [-0.2, -0.15) is 0 Å². The van der Waals surface area contributed by atoms with Gasteiger partial charge in [0.15, 0.2) is 0 Å². The van der Waals surface area contributed by atoms with Crippen LogP contribution in [-0.4, -0.2) is 57.0 Å². The Labute approximate surface area is 130 Å². The van der Waals surface area contributed by atoms with E-state index in [1.165, 1.54) is 25.6 Å². The highest BCUT2D eigenvalue weighted by Gasteiger charge is 2.55. The van der Waals surface area contributed by atoms with Crippen LogP contribution in [-0.2, 0) is 23.9 Å². The van der Waals surface area contributed by atoms with E-state index < -0.39 is 29.3 Å². The van der Waals surface area contributed by atoms with E-state index in [9.17, 15) is 24.3 Å². The minimum atomic E-state index is -1.26. The molecule has 2 aliphatic heterocycles. The first-order valence-corrected chi connectivity index (χ1v) is 7.53. The second-order valence-corrected chi connectivity index (χ2v) is 6.48. The minimum absolute atomic E-state index is 0.163. The maximum atomic E-state index is 12.1. The summed E-state index contributed by atoms with van der Waals surface area (Å²) in [5.41, 5.74) is 0.211. The third-order valence-corrected chi connectivity index (χ3v) is 4.87. The van der Waals surface area contributed by atoms with E-state index in [0.717, 1.165) is 4.90 Å². The predicted molar refractivity (Wildman–Crippen MR) is 76.6 cm³/mol. The van der Waals surface area contributed by atoms with E-state index in [1.54, 1.807) is 6.92 Å². The molecule has 0 radical (unpaired) electrons. The Morgan fingerprint density at radius 2 is 2.00 bits per heavy atom. The van der Waals surface area contributed by atoms with E-state index in [0.29, 0.717) is 5.57 Å². The first-order chi connectivity index (χ1) is 10.2. The topological polar surface area (TPSA) is 113 Å². The van der Waals surface area contributed by atoms with Gasteiger partial charge in [-0.05, 0) is 6.92 Å². The lowest BCUT2D eigenvalue weighted by atomic mass is 10.0. The van der Waals surface area contributed by atoms with Gasteiger partial charge in [0.2, 0.25) is 5.91 Å². The van der Waals surface area contributed by atoms with Gasteiger partial charge in [-0.3, -0.25) is 19.3 Å². The Morgan fingerprint density at radius 3 is 2.50 bits per heavy atom. The summed E-state index contributed by atoms with van der Waals surface area (Å²) >= 11 is 1.35. The van der Waals surface area contributed by atoms with Crippen LogP contribution in [0.15, 0.2) is 11.3 Å². The first kappa shape index (κ1) is 16.3. The van der Waals surface area contributed by atoms with Gasteiger partial charge in [-0.15, -0.1) is 11.8 Å². The molecule has 0 aromatic rings. The fourth-order valence-electron chi connectivity index (χ4n) is 2.44. The fraction of sp³-hybridized carbons (Fsp3) is 0.538. The highest BCUT2D eigenvalue weighted by Crippen LogP contribution is 2.44. The number of aliphatic carboxylic acids is 1. The van der Waals surface area contributed by atoms with Crippen molar-refractivity contribution in [3.05, 3.63) is 11.3 Å². The monoisotopic (exact) mass is 328 g/mol. The van der Waals surface area contributed by atoms with Gasteiger partial charge in [-0.25, -0.2) is 4.79 Å². The van der Waals surface area contributed by atoms with E-state index in [2.05, 4.69) is 5.32 Å². The Balaban J connectivity index is 2.31. The highest BCUT2D eigenvalue weighted by molar-refractivity contribution is 8.00. The lowest BCUT2D eigenvalue weighted by Gasteiger charge is -2.50. The molecule has 0 saturated carbocycles. The van der Waals surface area contributed by atoms with Crippen LogP contribution in [0.3, 0.4) is 0 Å². The smallest absolute Gasteiger partial charge is 0.352 e. The lowest BCUT2D eigenvalue weighted by Crippen LogP contribution is -2.71. The quantitative estimate of drug-likeness (QED) is 0.538. The van der Waals surface area contributed by atoms with Crippen molar-refractivity contribution in [3.63, 3.8) is 0 Å². The van der Waals surface area contributed by atoms with Gasteiger partial charge in [0.25, 0.3) is 5.91 Å². The fourth-order valence-corrected chi connectivity index (χ4v) is 3.87. The molecule has 0 aliphatic carbocycles. The number of nitrogens with one attached hydrogen (secondary N) is 1. The SMILES string of the molecule is CC(=O)NC1C(=O)N2C(C(=O)O)=C(COC(C)=O)C(C)S[C@H]12. The number of amides is 2. The van der Waals surface area contributed by atoms with Gasteiger partial charge < -0.3 is 15.2 Å². The molecule has 2 unspecified atom stereocenters. The number of nitrogens with zero attached hydrogens (tertiary/aromatic N) is 1.